The van der Waals surface area contributed by atoms with Gasteiger partial charge >= 0.3 is 0 Å². The first-order chi connectivity index (χ1) is 13.9. The lowest BCUT2D eigenvalue weighted by Crippen LogP contribution is -2.18. The van der Waals surface area contributed by atoms with E-state index in [2.05, 4.69) is 34.7 Å². The number of carbonyl (C=O) groups is 1. The minimum atomic E-state index is -0.243. The van der Waals surface area contributed by atoms with Crippen molar-refractivity contribution in [1.82, 2.24) is 10.3 Å². The lowest BCUT2D eigenvalue weighted by Gasteiger charge is -2.15. The third-order valence-electron chi connectivity index (χ3n) is 4.66. The third-order valence-corrected chi connectivity index (χ3v) is 4.99. The molecule has 0 saturated heterocycles. The molecule has 5 nitrogen and oxygen atoms in total. The first-order valence-electron chi connectivity index (χ1n) is 9.45. The molecular weight excluding hydrogens is 384 g/mol. The van der Waals surface area contributed by atoms with Gasteiger partial charge in [0.2, 0.25) is 0 Å². The van der Waals surface area contributed by atoms with Gasteiger partial charge in [-0.1, -0.05) is 48.0 Å². The Morgan fingerprint density at radius 2 is 1.86 bits per heavy atom. The lowest BCUT2D eigenvalue weighted by molar-refractivity contribution is 0.102. The Hall–Kier alpha value is -2.89. The van der Waals surface area contributed by atoms with E-state index in [4.69, 9.17) is 11.6 Å². The van der Waals surface area contributed by atoms with Crippen LogP contribution in [0, 0.1) is 0 Å². The number of pyridine rings is 1. The Kier molecular flexibility index (Phi) is 6.86. The molecule has 0 fully saturated rings. The molecule has 3 rings (SSSR count). The van der Waals surface area contributed by atoms with E-state index in [1.54, 1.807) is 18.3 Å². The second-order valence-electron chi connectivity index (χ2n) is 7.08. The van der Waals surface area contributed by atoms with Gasteiger partial charge in [0, 0.05) is 32.9 Å². The number of hydrogen-bond acceptors (Lipinski definition) is 4. The fourth-order valence-electron chi connectivity index (χ4n) is 2.89. The van der Waals surface area contributed by atoms with Gasteiger partial charge in [0.25, 0.3) is 5.91 Å². The first-order valence-corrected chi connectivity index (χ1v) is 9.83. The number of rotatable bonds is 7. The fourth-order valence-corrected chi connectivity index (χ4v) is 3.05. The second kappa shape index (κ2) is 9.54. The van der Waals surface area contributed by atoms with E-state index in [1.165, 1.54) is 5.56 Å². The van der Waals surface area contributed by atoms with Gasteiger partial charge in [-0.05, 0) is 42.3 Å². The maximum Gasteiger partial charge on any atom is 0.257 e. The van der Waals surface area contributed by atoms with Crippen LogP contribution in [0.1, 0.15) is 34.5 Å². The molecule has 1 heterocycles. The van der Waals surface area contributed by atoms with Crippen LogP contribution in [0.15, 0.2) is 66.9 Å². The zero-order chi connectivity index (χ0) is 20.8. The highest BCUT2D eigenvalue weighted by atomic mass is 35.5. The maximum absolute atomic E-state index is 12.6. The van der Waals surface area contributed by atoms with E-state index in [0.717, 1.165) is 11.4 Å². The van der Waals surface area contributed by atoms with Gasteiger partial charge in [-0.15, -0.1) is 0 Å². The van der Waals surface area contributed by atoms with Crippen molar-refractivity contribution >= 4 is 29.0 Å². The zero-order valence-electron chi connectivity index (χ0n) is 16.8. The van der Waals surface area contributed by atoms with Gasteiger partial charge in [0.15, 0.2) is 0 Å². The number of nitrogens with zero attached hydrogens (tertiary/aromatic N) is 2. The van der Waals surface area contributed by atoms with Gasteiger partial charge in [-0.25, -0.2) is 4.98 Å². The average molecular weight is 409 g/mol. The van der Waals surface area contributed by atoms with Crippen molar-refractivity contribution in [2.24, 2.45) is 0 Å². The lowest BCUT2D eigenvalue weighted by atomic mass is 10.1. The number of halogens is 1. The second-order valence-corrected chi connectivity index (χ2v) is 7.49. The molecule has 3 aromatic rings. The summed E-state index contributed by atoms with van der Waals surface area (Å²) >= 11 is 6.30. The predicted octanol–water partition coefficient (Wildman–Crippen LogP) is 4.90. The van der Waals surface area contributed by atoms with Crippen LogP contribution in [-0.2, 0) is 6.54 Å². The topological polar surface area (TPSA) is 57.3 Å². The molecule has 6 heteroatoms. The molecule has 1 unspecified atom stereocenters. The molecule has 2 aromatic carbocycles. The summed E-state index contributed by atoms with van der Waals surface area (Å²) in [5, 5.41) is 6.87. The molecule has 2 N–H and O–H groups in total. The summed E-state index contributed by atoms with van der Waals surface area (Å²) in [7, 11) is 3.81. The van der Waals surface area contributed by atoms with Crippen molar-refractivity contribution in [3.63, 3.8) is 0 Å². The standard InChI is InChI=1S/C23H25ClN4O/c1-16(18-7-5-4-6-8-18)25-14-17-9-11-20(24)21(13-17)27-23(29)19-10-12-22(26-15-19)28(2)3/h4-13,15-16,25H,14H2,1-3H3,(H,27,29). The van der Waals surface area contributed by atoms with Gasteiger partial charge < -0.3 is 15.5 Å². The molecule has 1 amide bonds. The number of nitrogens with one attached hydrogen (secondary N) is 2. The zero-order valence-corrected chi connectivity index (χ0v) is 17.6. The van der Waals surface area contributed by atoms with Crippen LogP contribution < -0.4 is 15.5 Å². The normalized spacial score (nSPS) is 11.7. The molecule has 0 aliphatic rings. The van der Waals surface area contributed by atoms with Crippen LogP contribution in [0.4, 0.5) is 11.5 Å². The Bertz CT molecular complexity index is 958. The highest BCUT2D eigenvalue weighted by Crippen LogP contribution is 2.24. The Balaban J connectivity index is 1.66. The Morgan fingerprint density at radius 3 is 2.52 bits per heavy atom. The summed E-state index contributed by atoms with van der Waals surface area (Å²) in [5.74, 6) is 0.549. The molecule has 0 spiro atoms. The molecule has 0 bridgehead atoms. The molecule has 29 heavy (non-hydrogen) atoms. The molecule has 0 aliphatic heterocycles. The van der Waals surface area contributed by atoms with Crippen LogP contribution in [0.5, 0.6) is 0 Å². The van der Waals surface area contributed by atoms with Gasteiger partial charge in [-0.2, -0.15) is 0 Å². The van der Waals surface area contributed by atoms with E-state index in [0.29, 0.717) is 22.8 Å². The van der Waals surface area contributed by atoms with Crippen LogP contribution in [0.3, 0.4) is 0 Å². The predicted molar refractivity (Wildman–Crippen MR) is 120 cm³/mol. The monoisotopic (exact) mass is 408 g/mol. The number of amides is 1. The van der Waals surface area contributed by atoms with E-state index < -0.39 is 0 Å². The van der Waals surface area contributed by atoms with Gasteiger partial charge in [-0.3, -0.25) is 4.79 Å². The smallest absolute Gasteiger partial charge is 0.257 e. The molecular formula is C23H25ClN4O. The van der Waals surface area contributed by atoms with Crippen molar-refractivity contribution in [1.29, 1.82) is 0 Å². The van der Waals surface area contributed by atoms with Crippen LogP contribution in [0.2, 0.25) is 5.02 Å². The van der Waals surface area contributed by atoms with E-state index in [9.17, 15) is 4.79 Å². The van der Waals surface area contributed by atoms with Crippen molar-refractivity contribution in [2.75, 3.05) is 24.3 Å². The van der Waals surface area contributed by atoms with Crippen LogP contribution in [0.25, 0.3) is 0 Å². The molecule has 150 valence electrons. The van der Waals surface area contributed by atoms with Crippen LogP contribution >= 0.6 is 11.6 Å². The largest absolute Gasteiger partial charge is 0.363 e. The molecule has 0 aliphatic carbocycles. The summed E-state index contributed by atoms with van der Waals surface area (Å²) < 4.78 is 0. The molecule has 1 atom stereocenters. The maximum atomic E-state index is 12.6. The summed E-state index contributed by atoms with van der Waals surface area (Å²) in [5.41, 5.74) is 3.32. The highest BCUT2D eigenvalue weighted by molar-refractivity contribution is 6.34. The minimum absolute atomic E-state index is 0.214. The van der Waals surface area contributed by atoms with Gasteiger partial charge in [0.05, 0.1) is 16.3 Å². The summed E-state index contributed by atoms with van der Waals surface area (Å²) in [4.78, 5) is 18.7. The highest BCUT2D eigenvalue weighted by Gasteiger charge is 2.11. The van der Waals surface area contributed by atoms with E-state index in [-0.39, 0.29) is 11.9 Å². The summed E-state index contributed by atoms with van der Waals surface area (Å²) in [6.45, 7) is 2.79. The Labute approximate surface area is 176 Å². The number of anilines is 2. The van der Waals surface area contributed by atoms with Crippen LogP contribution in [-0.4, -0.2) is 25.0 Å². The average Bonchev–Trinajstić information content (AvgIpc) is 2.74. The number of carbonyl (C=O) groups excluding carboxylic acids is 1. The van der Waals surface area contributed by atoms with Crippen molar-refractivity contribution in [3.8, 4) is 0 Å². The van der Waals surface area contributed by atoms with Crippen molar-refractivity contribution < 1.29 is 4.79 Å². The quantitative estimate of drug-likeness (QED) is 0.583. The summed E-state index contributed by atoms with van der Waals surface area (Å²) in [6, 6.07) is 19.7. The van der Waals surface area contributed by atoms with Crippen molar-refractivity contribution in [2.45, 2.75) is 19.5 Å². The number of aromatic nitrogens is 1. The first kappa shape index (κ1) is 20.8. The van der Waals surface area contributed by atoms with E-state index in [1.807, 2.05) is 55.4 Å². The number of hydrogen-bond donors (Lipinski definition) is 2. The summed E-state index contributed by atoms with van der Waals surface area (Å²) in [6.07, 6.45) is 1.56. The molecule has 0 saturated carbocycles. The third kappa shape index (κ3) is 5.56. The SMILES string of the molecule is CC(NCc1ccc(Cl)c(NC(=O)c2ccc(N(C)C)nc2)c1)c1ccccc1. The molecule has 1 aromatic heterocycles. The minimum Gasteiger partial charge on any atom is -0.363 e. The Morgan fingerprint density at radius 1 is 1.10 bits per heavy atom. The van der Waals surface area contributed by atoms with E-state index >= 15 is 0 Å². The van der Waals surface area contributed by atoms with Crippen molar-refractivity contribution in [3.05, 3.63) is 88.6 Å². The fraction of sp³-hybridized carbons (Fsp3) is 0.217. The van der Waals surface area contributed by atoms with Gasteiger partial charge in [0.1, 0.15) is 5.82 Å². The number of benzene rings is 2. The molecule has 0 radical (unpaired) electrons.